The Morgan fingerprint density at radius 2 is 1.58 bits per heavy atom. The van der Waals surface area contributed by atoms with Crippen molar-refractivity contribution < 1.29 is 13.2 Å². The Morgan fingerprint density at radius 3 is 2.21 bits per heavy atom. The minimum absolute atomic E-state index is 0.0301. The first-order valence-electron chi connectivity index (χ1n) is 12.6. The number of piperazine rings is 1. The molecule has 2 N–H and O–H groups in total. The molecule has 0 radical (unpaired) electrons. The largest absolute Gasteiger partial charge is 0.416 e. The summed E-state index contributed by atoms with van der Waals surface area (Å²) in [5.41, 5.74) is 6.33. The number of alkyl halides is 3. The van der Waals surface area contributed by atoms with Gasteiger partial charge < -0.3 is 15.2 Å². The van der Waals surface area contributed by atoms with Gasteiger partial charge in [-0.15, -0.1) is 0 Å². The monoisotopic (exact) mass is 557 g/mol. The van der Waals surface area contributed by atoms with E-state index in [0.717, 1.165) is 46.1 Å². The molecule has 0 bridgehead atoms. The summed E-state index contributed by atoms with van der Waals surface area (Å²) in [5, 5.41) is 4.76. The molecular formula is C30H28Cl2F3N3. The van der Waals surface area contributed by atoms with E-state index in [2.05, 4.69) is 22.1 Å². The van der Waals surface area contributed by atoms with E-state index >= 15 is 0 Å². The Hall–Kier alpha value is -2.93. The first-order valence-corrected chi connectivity index (χ1v) is 13.4. The molecule has 1 unspecified atom stereocenters. The summed E-state index contributed by atoms with van der Waals surface area (Å²) in [5.74, 6) is 0. The van der Waals surface area contributed by atoms with Gasteiger partial charge in [0.2, 0.25) is 0 Å². The van der Waals surface area contributed by atoms with Crippen LogP contribution in [0.4, 0.5) is 18.9 Å². The molecule has 0 aliphatic carbocycles. The summed E-state index contributed by atoms with van der Waals surface area (Å²) in [7, 11) is 0. The van der Waals surface area contributed by atoms with E-state index in [4.69, 9.17) is 23.2 Å². The molecule has 1 aliphatic heterocycles. The summed E-state index contributed by atoms with van der Waals surface area (Å²) in [6, 6.07) is 21.1. The number of aryl methyl sites for hydroxylation is 1. The van der Waals surface area contributed by atoms with Gasteiger partial charge >= 0.3 is 6.18 Å². The summed E-state index contributed by atoms with van der Waals surface area (Å²) >= 11 is 12.4. The zero-order valence-electron chi connectivity index (χ0n) is 20.9. The Bertz CT molecular complexity index is 1400. The third-order valence-corrected chi connectivity index (χ3v) is 7.61. The molecule has 1 saturated heterocycles. The van der Waals surface area contributed by atoms with Crippen molar-refractivity contribution >= 4 is 28.9 Å². The van der Waals surface area contributed by atoms with Crippen molar-refractivity contribution in [1.82, 2.24) is 10.3 Å². The average molecular weight is 558 g/mol. The lowest BCUT2D eigenvalue weighted by molar-refractivity contribution is -0.137. The number of anilines is 1. The molecule has 2 heterocycles. The van der Waals surface area contributed by atoms with Gasteiger partial charge in [0.25, 0.3) is 0 Å². The number of aromatic nitrogens is 1. The van der Waals surface area contributed by atoms with Crippen molar-refractivity contribution in [2.75, 3.05) is 24.5 Å². The molecule has 1 aliphatic rings. The van der Waals surface area contributed by atoms with E-state index in [1.807, 2.05) is 48.5 Å². The van der Waals surface area contributed by atoms with E-state index in [-0.39, 0.29) is 6.04 Å². The zero-order chi connectivity index (χ0) is 26.9. The second kappa shape index (κ2) is 11.0. The highest BCUT2D eigenvalue weighted by Crippen LogP contribution is 2.40. The van der Waals surface area contributed by atoms with Crippen LogP contribution in [0.5, 0.6) is 0 Å². The molecule has 3 nitrogen and oxygen atoms in total. The highest BCUT2D eigenvalue weighted by atomic mass is 35.5. The average Bonchev–Trinajstić information content (AvgIpc) is 3.27. The van der Waals surface area contributed by atoms with Crippen LogP contribution in [0.15, 0.2) is 72.8 Å². The normalized spacial score (nSPS) is 16.2. The predicted octanol–water partition coefficient (Wildman–Crippen LogP) is 8.26. The molecule has 38 heavy (non-hydrogen) atoms. The molecule has 0 saturated carbocycles. The molecule has 5 rings (SSSR count). The standard InChI is InChI=1S/C30H28Cl2F3N3/c1-2-27-26(17-25-18-36-14-15-38(25)24-5-3-4-21(16-24)30(33,34)35)28(19-6-10-22(31)11-7-19)29(37-27)20-8-12-23(32)13-9-20/h3-13,16,25,36-37H,2,14-15,17-18H2,1H3. The van der Waals surface area contributed by atoms with Gasteiger partial charge in [-0.25, -0.2) is 0 Å². The van der Waals surface area contributed by atoms with Crippen molar-refractivity contribution in [1.29, 1.82) is 0 Å². The van der Waals surface area contributed by atoms with E-state index in [0.29, 0.717) is 41.8 Å². The Labute approximate surface area is 230 Å². The second-order valence-electron chi connectivity index (χ2n) is 9.50. The minimum Gasteiger partial charge on any atom is -0.366 e. The van der Waals surface area contributed by atoms with Gasteiger partial charge in [-0.1, -0.05) is 60.5 Å². The van der Waals surface area contributed by atoms with Crippen LogP contribution in [-0.2, 0) is 19.0 Å². The highest BCUT2D eigenvalue weighted by Gasteiger charge is 2.32. The summed E-state index contributed by atoms with van der Waals surface area (Å²) in [6.07, 6.45) is -2.94. The van der Waals surface area contributed by atoms with Gasteiger partial charge in [-0.05, 0) is 72.0 Å². The predicted molar refractivity (Wildman–Crippen MR) is 150 cm³/mol. The highest BCUT2D eigenvalue weighted by molar-refractivity contribution is 6.31. The second-order valence-corrected chi connectivity index (χ2v) is 10.4. The first kappa shape index (κ1) is 26.7. The van der Waals surface area contributed by atoms with E-state index in [1.54, 1.807) is 6.07 Å². The Balaban J connectivity index is 1.60. The van der Waals surface area contributed by atoms with Gasteiger partial charge in [-0.2, -0.15) is 13.2 Å². The van der Waals surface area contributed by atoms with Gasteiger partial charge in [-0.3, -0.25) is 0 Å². The van der Waals surface area contributed by atoms with Crippen molar-refractivity contribution in [3.05, 3.63) is 99.7 Å². The summed E-state index contributed by atoms with van der Waals surface area (Å²) in [6.45, 7) is 4.11. The maximum atomic E-state index is 13.5. The van der Waals surface area contributed by atoms with Crippen LogP contribution in [0.25, 0.3) is 22.4 Å². The number of H-pyrrole nitrogens is 1. The van der Waals surface area contributed by atoms with Crippen LogP contribution in [0.2, 0.25) is 10.0 Å². The van der Waals surface area contributed by atoms with Crippen molar-refractivity contribution in [3.8, 4) is 22.4 Å². The SMILES string of the molecule is CCc1[nH]c(-c2ccc(Cl)cc2)c(-c2ccc(Cl)cc2)c1CC1CNCCN1c1cccc(C(F)(F)F)c1. The van der Waals surface area contributed by atoms with Crippen molar-refractivity contribution in [2.24, 2.45) is 0 Å². The van der Waals surface area contributed by atoms with Crippen LogP contribution in [0, 0.1) is 0 Å². The smallest absolute Gasteiger partial charge is 0.366 e. The van der Waals surface area contributed by atoms with Gasteiger partial charge in [0, 0.05) is 52.7 Å². The summed E-state index contributed by atoms with van der Waals surface area (Å²) < 4.78 is 40.4. The maximum Gasteiger partial charge on any atom is 0.416 e. The fourth-order valence-corrected chi connectivity index (χ4v) is 5.52. The van der Waals surface area contributed by atoms with Crippen molar-refractivity contribution in [2.45, 2.75) is 32.0 Å². The Morgan fingerprint density at radius 1 is 0.921 bits per heavy atom. The minimum atomic E-state index is -4.38. The summed E-state index contributed by atoms with van der Waals surface area (Å²) in [4.78, 5) is 5.76. The zero-order valence-corrected chi connectivity index (χ0v) is 22.4. The van der Waals surface area contributed by atoms with Gasteiger partial charge in [0.05, 0.1) is 11.3 Å². The molecule has 1 aromatic heterocycles. The molecule has 0 spiro atoms. The van der Waals surface area contributed by atoms with Crippen LogP contribution in [0.3, 0.4) is 0 Å². The third kappa shape index (κ3) is 5.58. The third-order valence-electron chi connectivity index (χ3n) is 7.11. The number of nitrogens with zero attached hydrogens (tertiary/aromatic N) is 1. The van der Waals surface area contributed by atoms with Crippen LogP contribution < -0.4 is 10.2 Å². The molecule has 198 valence electrons. The molecule has 1 atom stereocenters. The fourth-order valence-electron chi connectivity index (χ4n) is 5.27. The topological polar surface area (TPSA) is 31.1 Å². The molecule has 3 aromatic carbocycles. The number of rotatable bonds is 6. The van der Waals surface area contributed by atoms with E-state index < -0.39 is 11.7 Å². The number of nitrogens with one attached hydrogen (secondary N) is 2. The van der Waals surface area contributed by atoms with Crippen LogP contribution in [-0.4, -0.2) is 30.7 Å². The number of aromatic amines is 1. The van der Waals surface area contributed by atoms with Crippen molar-refractivity contribution in [3.63, 3.8) is 0 Å². The Kier molecular flexibility index (Phi) is 7.75. The van der Waals surface area contributed by atoms with E-state index in [1.165, 1.54) is 12.1 Å². The molecule has 0 amide bonds. The van der Waals surface area contributed by atoms with Crippen LogP contribution in [0.1, 0.15) is 23.7 Å². The fraction of sp³-hybridized carbons (Fsp3) is 0.267. The first-order chi connectivity index (χ1) is 18.2. The number of hydrogen-bond donors (Lipinski definition) is 2. The molecule has 8 heteroatoms. The molecule has 1 fully saturated rings. The number of halogens is 5. The maximum absolute atomic E-state index is 13.5. The quantitative estimate of drug-likeness (QED) is 0.250. The van der Waals surface area contributed by atoms with Gasteiger partial charge in [0.1, 0.15) is 0 Å². The molecule has 4 aromatic rings. The number of benzene rings is 3. The lowest BCUT2D eigenvalue weighted by atomic mass is 9.91. The molecular weight excluding hydrogens is 530 g/mol. The lowest BCUT2D eigenvalue weighted by Crippen LogP contribution is -2.52. The van der Waals surface area contributed by atoms with E-state index in [9.17, 15) is 13.2 Å². The lowest BCUT2D eigenvalue weighted by Gasteiger charge is -2.38. The van der Waals surface area contributed by atoms with Gasteiger partial charge in [0.15, 0.2) is 0 Å². The number of hydrogen-bond acceptors (Lipinski definition) is 2. The van der Waals surface area contributed by atoms with Crippen LogP contribution >= 0.6 is 23.2 Å².